The summed E-state index contributed by atoms with van der Waals surface area (Å²) < 4.78 is 7.89. The number of rotatable bonds is 10. The van der Waals surface area contributed by atoms with Gasteiger partial charge in [-0.15, -0.1) is 16.8 Å². The van der Waals surface area contributed by atoms with Crippen molar-refractivity contribution in [3.05, 3.63) is 72.8 Å². The standard InChI is InChI=1S/C23H27N3O2S/c1-4-14-26-22(18-10-6-5-7-11-18)24-25-23(26)29-16-19(27)15-28-21-13-9-8-12-20(21)17(2)3/h4-13,17,19,27H,1,14-16H2,2-3H3/t19-/m0/s1. The first-order chi connectivity index (χ1) is 14.1. The van der Waals surface area contributed by atoms with E-state index in [2.05, 4.69) is 36.7 Å². The fraction of sp³-hybridized carbons (Fsp3) is 0.304. The first kappa shape index (κ1) is 21.1. The van der Waals surface area contributed by atoms with Crippen LogP contribution >= 0.6 is 11.8 Å². The van der Waals surface area contributed by atoms with Crippen LogP contribution < -0.4 is 4.74 Å². The summed E-state index contributed by atoms with van der Waals surface area (Å²) in [5.74, 6) is 2.46. The second kappa shape index (κ2) is 10.3. The Labute approximate surface area is 176 Å². The van der Waals surface area contributed by atoms with Crippen molar-refractivity contribution in [3.8, 4) is 17.1 Å². The van der Waals surface area contributed by atoms with Gasteiger partial charge in [-0.05, 0) is 17.5 Å². The van der Waals surface area contributed by atoms with Crippen molar-refractivity contribution in [2.45, 2.75) is 37.6 Å². The van der Waals surface area contributed by atoms with E-state index in [1.165, 1.54) is 11.8 Å². The normalized spacial score (nSPS) is 12.1. The van der Waals surface area contributed by atoms with Gasteiger partial charge in [-0.1, -0.05) is 80.2 Å². The first-order valence-corrected chi connectivity index (χ1v) is 10.7. The Kier molecular flexibility index (Phi) is 7.49. The third-order valence-corrected chi connectivity index (χ3v) is 5.55. The number of aliphatic hydroxyl groups is 1. The molecule has 0 radical (unpaired) electrons. The van der Waals surface area contributed by atoms with Crippen LogP contribution in [-0.2, 0) is 6.54 Å². The molecular formula is C23H27N3O2S. The van der Waals surface area contributed by atoms with Crippen LogP contribution in [0.1, 0.15) is 25.3 Å². The number of aromatic nitrogens is 3. The SMILES string of the molecule is C=CCn1c(SC[C@@H](O)COc2ccccc2C(C)C)nnc1-c1ccccc1. The van der Waals surface area contributed by atoms with Gasteiger partial charge in [-0.3, -0.25) is 4.57 Å². The lowest BCUT2D eigenvalue weighted by atomic mass is 10.0. The zero-order chi connectivity index (χ0) is 20.6. The van der Waals surface area contributed by atoms with Gasteiger partial charge in [0.2, 0.25) is 0 Å². The predicted molar refractivity (Wildman–Crippen MR) is 118 cm³/mol. The van der Waals surface area contributed by atoms with Gasteiger partial charge in [0.25, 0.3) is 0 Å². The van der Waals surface area contributed by atoms with E-state index in [4.69, 9.17) is 4.74 Å². The molecule has 0 unspecified atom stereocenters. The van der Waals surface area contributed by atoms with E-state index in [0.717, 1.165) is 27.9 Å². The maximum Gasteiger partial charge on any atom is 0.191 e. The molecule has 0 bridgehead atoms. The third-order valence-electron chi connectivity index (χ3n) is 4.44. The van der Waals surface area contributed by atoms with Crippen LogP contribution in [0.3, 0.4) is 0 Å². The zero-order valence-corrected chi connectivity index (χ0v) is 17.7. The average molecular weight is 410 g/mol. The van der Waals surface area contributed by atoms with Crippen LogP contribution in [0, 0.1) is 0 Å². The van der Waals surface area contributed by atoms with Gasteiger partial charge in [-0.25, -0.2) is 0 Å². The quantitative estimate of drug-likeness (QED) is 0.385. The minimum Gasteiger partial charge on any atom is -0.491 e. The Morgan fingerprint density at radius 2 is 1.83 bits per heavy atom. The molecule has 0 spiro atoms. The van der Waals surface area contributed by atoms with Gasteiger partial charge in [0.05, 0.1) is 6.10 Å². The third kappa shape index (κ3) is 5.49. The van der Waals surface area contributed by atoms with Gasteiger partial charge in [0, 0.05) is 17.9 Å². The molecule has 3 aromatic rings. The van der Waals surface area contributed by atoms with Crippen molar-refractivity contribution in [2.75, 3.05) is 12.4 Å². The Morgan fingerprint density at radius 1 is 1.10 bits per heavy atom. The molecule has 0 saturated carbocycles. The molecule has 152 valence electrons. The van der Waals surface area contributed by atoms with Crippen LogP contribution in [0.5, 0.6) is 5.75 Å². The number of allylic oxidation sites excluding steroid dienone is 1. The molecule has 0 amide bonds. The lowest BCUT2D eigenvalue weighted by Crippen LogP contribution is -2.21. The van der Waals surface area contributed by atoms with E-state index in [0.29, 0.717) is 18.2 Å². The van der Waals surface area contributed by atoms with Crippen molar-refractivity contribution < 1.29 is 9.84 Å². The summed E-state index contributed by atoms with van der Waals surface area (Å²) in [6.45, 7) is 8.94. The molecule has 1 heterocycles. The van der Waals surface area contributed by atoms with Crippen molar-refractivity contribution in [3.63, 3.8) is 0 Å². The lowest BCUT2D eigenvalue weighted by Gasteiger charge is -2.16. The highest BCUT2D eigenvalue weighted by Crippen LogP contribution is 2.27. The average Bonchev–Trinajstić information content (AvgIpc) is 3.14. The Bertz CT molecular complexity index is 925. The summed E-state index contributed by atoms with van der Waals surface area (Å²) in [5, 5.41) is 19.8. The summed E-state index contributed by atoms with van der Waals surface area (Å²) in [4.78, 5) is 0. The van der Waals surface area contributed by atoms with Gasteiger partial charge in [-0.2, -0.15) is 0 Å². The molecule has 5 nitrogen and oxygen atoms in total. The fourth-order valence-electron chi connectivity index (χ4n) is 2.98. The Balaban J connectivity index is 1.63. The van der Waals surface area contributed by atoms with E-state index in [-0.39, 0.29) is 6.61 Å². The minimum atomic E-state index is -0.616. The lowest BCUT2D eigenvalue weighted by molar-refractivity contribution is 0.125. The number of hydrogen-bond donors (Lipinski definition) is 1. The zero-order valence-electron chi connectivity index (χ0n) is 16.9. The summed E-state index contributed by atoms with van der Waals surface area (Å²) >= 11 is 1.47. The molecule has 2 aromatic carbocycles. The highest BCUT2D eigenvalue weighted by atomic mass is 32.2. The van der Waals surface area contributed by atoms with Crippen molar-refractivity contribution >= 4 is 11.8 Å². The monoisotopic (exact) mass is 409 g/mol. The predicted octanol–water partition coefficient (Wildman–Crippen LogP) is 4.79. The number of thioether (sulfide) groups is 1. The molecule has 0 aliphatic carbocycles. The second-order valence-corrected chi connectivity index (χ2v) is 8.03. The molecule has 3 rings (SSSR count). The van der Waals surface area contributed by atoms with E-state index >= 15 is 0 Å². The largest absolute Gasteiger partial charge is 0.491 e. The molecule has 29 heavy (non-hydrogen) atoms. The summed E-state index contributed by atoms with van der Waals surface area (Å²) in [6.07, 6.45) is 1.21. The van der Waals surface area contributed by atoms with Crippen molar-refractivity contribution in [1.82, 2.24) is 14.8 Å². The van der Waals surface area contributed by atoms with Gasteiger partial charge in [0.15, 0.2) is 11.0 Å². The molecule has 0 aliphatic heterocycles. The number of hydrogen-bond acceptors (Lipinski definition) is 5. The highest BCUT2D eigenvalue weighted by Gasteiger charge is 2.16. The minimum absolute atomic E-state index is 0.234. The van der Waals surface area contributed by atoms with Crippen LogP contribution in [-0.4, -0.2) is 38.3 Å². The molecule has 0 aliphatic rings. The van der Waals surface area contributed by atoms with Gasteiger partial charge >= 0.3 is 0 Å². The number of aliphatic hydroxyl groups excluding tert-OH is 1. The number of nitrogens with zero attached hydrogens (tertiary/aromatic N) is 3. The summed E-state index contributed by atoms with van der Waals surface area (Å²) in [6, 6.07) is 17.9. The molecule has 1 aromatic heterocycles. The Hall–Kier alpha value is -2.57. The molecule has 0 saturated heterocycles. The topological polar surface area (TPSA) is 60.2 Å². The van der Waals surface area contributed by atoms with E-state index < -0.39 is 6.10 Å². The maximum absolute atomic E-state index is 10.4. The second-order valence-electron chi connectivity index (χ2n) is 7.04. The molecule has 1 N–H and O–H groups in total. The van der Waals surface area contributed by atoms with E-state index in [1.54, 1.807) is 0 Å². The summed E-state index contributed by atoms with van der Waals surface area (Å²) in [5.41, 5.74) is 2.15. The van der Waals surface area contributed by atoms with E-state index in [1.807, 2.05) is 59.2 Å². The molecule has 6 heteroatoms. The number of para-hydroxylation sites is 1. The summed E-state index contributed by atoms with van der Waals surface area (Å²) in [7, 11) is 0. The van der Waals surface area contributed by atoms with Gasteiger partial charge < -0.3 is 9.84 Å². The maximum atomic E-state index is 10.4. The highest BCUT2D eigenvalue weighted by molar-refractivity contribution is 7.99. The number of benzene rings is 2. The Morgan fingerprint density at radius 3 is 2.55 bits per heavy atom. The molecular weight excluding hydrogens is 382 g/mol. The molecule has 1 atom stereocenters. The first-order valence-electron chi connectivity index (χ1n) is 9.72. The fourth-order valence-corrected chi connectivity index (χ4v) is 3.84. The van der Waals surface area contributed by atoms with Gasteiger partial charge in [0.1, 0.15) is 12.4 Å². The number of ether oxygens (including phenoxy) is 1. The molecule has 0 fully saturated rings. The van der Waals surface area contributed by atoms with Crippen LogP contribution in [0.15, 0.2) is 72.4 Å². The van der Waals surface area contributed by atoms with E-state index in [9.17, 15) is 5.11 Å². The van der Waals surface area contributed by atoms with Crippen molar-refractivity contribution in [2.24, 2.45) is 0 Å². The van der Waals surface area contributed by atoms with Crippen molar-refractivity contribution in [1.29, 1.82) is 0 Å². The smallest absolute Gasteiger partial charge is 0.191 e. The van der Waals surface area contributed by atoms with Crippen LogP contribution in [0.4, 0.5) is 0 Å². The van der Waals surface area contributed by atoms with Crippen LogP contribution in [0.2, 0.25) is 0 Å². The van der Waals surface area contributed by atoms with Crippen LogP contribution in [0.25, 0.3) is 11.4 Å².